The molecule has 3 aliphatic heterocycles. The zero-order chi connectivity index (χ0) is 28.8. The topological polar surface area (TPSA) is 73.6 Å². The molecule has 3 fully saturated rings. The van der Waals surface area contributed by atoms with Crippen LogP contribution in [0, 0.1) is 18.2 Å². The van der Waals surface area contributed by atoms with Crippen LogP contribution in [0.3, 0.4) is 0 Å². The normalized spacial score (nSPS) is 18.3. The minimum atomic E-state index is -0.458. The van der Waals surface area contributed by atoms with Crippen LogP contribution in [0.5, 0.6) is 0 Å². The lowest BCUT2D eigenvalue weighted by Crippen LogP contribution is -2.73. The number of fused-ring (bicyclic) bond motifs is 2. The number of nitrogens with zero attached hydrogens (tertiary/aromatic N) is 8. The molecular formula is C30H32ClFN8O. The second-order valence-electron chi connectivity index (χ2n) is 12.0. The van der Waals surface area contributed by atoms with Crippen LogP contribution >= 0.6 is 11.6 Å². The Labute approximate surface area is 242 Å². The number of carbonyl (C=O) groups excluding carboxylic acids is 1. The summed E-state index contributed by atoms with van der Waals surface area (Å²) in [6.45, 7) is 9.94. The first-order valence-corrected chi connectivity index (χ1v) is 14.2. The van der Waals surface area contributed by atoms with Gasteiger partial charge >= 0.3 is 0 Å². The van der Waals surface area contributed by atoms with Crippen LogP contribution in [-0.4, -0.2) is 94.9 Å². The van der Waals surface area contributed by atoms with Gasteiger partial charge < -0.3 is 19.6 Å². The number of aryl methyl sites for hydroxylation is 2. The minimum Gasteiger partial charge on any atom is -0.354 e. The average molecular weight is 575 g/mol. The van der Waals surface area contributed by atoms with Gasteiger partial charge in [0.15, 0.2) is 5.82 Å². The van der Waals surface area contributed by atoms with Crippen molar-refractivity contribution >= 4 is 51.1 Å². The monoisotopic (exact) mass is 574 g/mol. The van der Waals surface area contributed by atoms with Crippen molar-refractivity contribution in [3.63, 3.8) is 0 Å². The Morgan fingerprint density at radius 2 is 1.88 bits per heavy atom. The van der Waals surface area contributed by atoms with Gasteiger partial charge in [-0.1, -0.05) is 30.3 Å². The van der Waals surface area contributed by atoms with E-state index < -0.39 is 5.82 Å². The highest BCUT2D eigenvalue weighted by atomic mass is 35.5. The number of rotatable bonds is 5. The molecule has 0 bridgehead atoms. The Hall–Kier alpha value is -3.76. The number of carbonyl (C=O) groups is 1. The third kappa shape index (κ3) is 3.91. The van der Waals surface area contributed by atoms with Gasteiger partial charge in [0.25, 0.3) is 0 Å². The van der Waals surface area contributed by atoms with Crippen LogP contribution in [-0.2, 0) is 11.8 Å². The van der Waals surface area contributed by atoms with E-state index in [4.69, 9.17) is 21.6 Å². The number of halogens is 2. The molecule has 1 amide bonds. The van der Waals surface area contributed by atoms with Gasteiger partial charge in [-0.05, 0) is 38.7 Å². The van der Waals surface area contributed by atoms with Crippen molar-refractivity contribution in [2.75, 3.05) is 63.2 Å². The van der Waals surface area contributed by atoms with Gasteiger partial charge in [-0.3, -0.25) is 9.48 Å². The number of aromatic nitrogens is 4. The molecule has 0 N–H and O–H groups in total. The van der Waals surface area contributed by atoms with Gasteiger partial charge in [0, 0.05) is 79.7 Å². The summed E-state index contributed by atoms with van der Waals surface area (Å²) in [6, 6.07) is 6.16. The van der Waals surface area contributed by atoms with Crippen molar-refractivity contribution in [3.8, 4) is 11.1 Å². The Kier molecular flexibility index (Phi) is 5.82. The molecule has 3 saturated heterocycles. The highest BCUT2D eigenvalue weighted by molar-refractivity contribution is 6.35. The van der Waals surface area contributed by atoms with Gasteiger partial charge in [0.05, 0.1) is 16.7 Å². The lowest BCUT2D eigenvalue weighted by Gasteiger charge is -2.60. The SMILES string of the molecule is C=CC(=O)N1CC2(C1)CN(c1nc(N3CC(N(C)C)C3)nc3c(F)c(-c4c(C)ccc5cnn(C)c45)c(Cl)cc13)C2. The number of likely N-dealkylation sites (tertiary alicyclic amines) is 1. The second kappa shape index (κ2) is 9.12. The molecule has 212 valence electrons. The molecule has 0 unspecified atom stereocenters. The Morgan fingerprint density at radius 3 is 2.56 bits per heavy atom. The fourth-order valence-electron chi connectivity index (χ4n) is 6.57. The highest BCUT2D eigenvalue weighted by Crippen LogP contribution is 2.46. The Morgan fingerprint density at radius 1 is 1.15 bits per heavy atom. The van der Waals surface area contributed by atoms with E-state index in [2.05, 4.69) is 40.5 Å². The quantitative estimate of drug-likeness (QED) is 0.335. The fourth-order valence-corrected chi connectivity index (χ4v) is 6.86. The molecule has 7 rings (SSSR count). The molecule has 1 spiro atoms. The first-order chi connectivity index (χ1) is 19.6. The van der Waals surface area contributed by atoms with E-state index >= 15 is 4.39 Å². The third-order valence-corrected chi connectivity index (χ3v) is 9.28. The molecule has 2 aromatic heterocycles. The molecule has 0 radical (unpaired) electrons. The maximum absolute atomic E-state index is 16.8. The summed E-state index contributed by atoms with van der Waals surface area (Å²) in [7, 11) is 5.97. The summed E-state index contributed by atoms with van der Waals surface area (Å²) < 4.78 is 18.6. The van der Waals surface area contributed by atoms with Gasteiger partial charge in [-0.25, -0.2) is 9.37 Å². The van der Waals surface area contributed by atoms with Crippen molar-refractivity contribution in [2.24, 2.45) is 12.5 Å². The number of amides is 1. The van der Waals surface area contributed by atoms with Gasteiger partial charge in [0.2, 0.25) is 11.9 Å². The van der Waals surface area contributed by atoms with Crippen molar-refractivity contribution in [3.05, 3.63) is 53.5 Å². The van der Waals surface area contributed by atoms with Crippen molar-refractivity contribution in [2.45, 2.75) is 13.0 Å². The molecule has 4 aromatic rings. The highest BCUT2D eigenvalue weighted by Gasteiger charge is 2.53. The smallest absolute Gasteiger partial charge is 0.245 e. The van der Waals surface area contributed by atoms with Gasteiger partial charge in [0.1, 0.15) is 11.3 Å². The summed E-state index contributed by atoms with van der Waals surface area (Å²) in [5.41, 5.74) is 3.06. The molecular weight excluding hydrogens is 543 g/mol. The van der Waals surface area contributed by atoms with E-state index in [0.717, 1.165) is 48.2 Å². The number of likely N-dealkylation sites (N-methyl/N-ethyl adjacent to an activating group) is 1. The van der Waals surface area contributed by atoms with Crippen molar-refractivity contribution < 1.29 is 9.18 Å². The standard InChI is InChI=1S/C30H32ClFN8O/c1-6-22(41)39-13-30(14-39)15-40(16-30)28-20-9-21(31)24(23-17(2)7-8-18-10-33-37(5)27(18)23)25(32)26(20)34-29(35-28)38-11-19(12-38)36(3)4/h6-10,19H,1,11-16H2,2-5H3. The molecule has 3 aliphatic rings. The molecule has 0 saturated carbocycles. The van der Waals surface area contributed by atoms with Gasteiger partial charge in [-0.15, -0.1) is 0 Å². The van der Waals surface area contributed by atoms with Crippen LogP contribution in [0.4, 0.5) is 16.2 Å². The van der Waals surface area contributed by atoms with E-state index in [1.54, 1.807) is 21.8 Å². The summed E-state index contributed by atoms with van der Waals surface area (Å²) in [4.78, 5) is 30.0. The van der Waals surface area contributed by atoms with E-state index in [9.17, 15) is 4.79 Å². The third-order valence-electron chi connectivity index (χ3n) is 8.98. The van der Waals surface area contributed by atoms with Crippen molar-refractivity contribution in [1.29, 1.82) is 0 Å². The van der Waals surface area contributed by atoms with Crippen molar-refractivity contribution in [1.82, 2.24) is 29.5 Å². The molecule has 0 aliphatic carbocycles. The fraction of sp³-hybridized carbons (Fsp3) is 0.400. The maximum Gasteiger partial charge on any atom is 0.245 e. The van der Waals surface area contributed by atoms with E-state index in [1.165, 1.54) is 6.08 Å². The summed E-state index contributed by atoms with van der Waals surface area (Å²) in [5, 5.41) is 6.22. The van der Waals surface area contributed by atoms with E-state index in [0.29, 0.717) is 46.9 Å². The number of anilines is 2. The number of hydrogen-bond acceptors (Lipinski definition) is 7. The number of benzene rings is 2. The van der Waals surface area contributed by atoms with Crippen LogP contribution < -0.4 is 9.80 Å². The summed E-state index contributed by atoms with van der Waals surface area (Å²) in [6.07, 6.45) is 3.14. The second-order valence-corrected chi connectivity index (χ2v) is 12.4. The zero-order valence-electron chi connectivity index (χ0n) is 23.7. The Bertz CT molecular complexity index is 1750. The van der Waals surface area contributed by atoms with E-state index in [-0.39, 0.29) is 16.8 Å². The summed E-state index contributed by atoms with van der Waals surface area (Å²) >= 11 is 6.92. The molecule has 11 heteroatoms. The summed E-state index contributed by atoms with van der Waals surface area (Å²) in [5.74, 6) is 0.698. The zero-order valence-corrected chi connectivity index (χ0v) is 24.4. The van der Waals surface area contributed by atoms with Crippen LogP contribution in [0.2, 0.25) is 5.02 Å². The molecule has 9 nitrogen and oxygen atoms in total. The predicted octanol–water partition coefficient (Wildman–Crippen LogP) is 3.87. The minimum absolute atomic E-state index is 0.0252. The molecule has 41 heavy (non-hydrogen) atoms. The Balaban J connectivity index is 1.34. The van der Waals surface area contributed by atoms with E-state index in [1.807, 2.05) is 26.1 Å². The average Bonchev–Trinajstić information content (AvgIpc) is 3.23. The van der Waals surface area contributed by atoms with Crippen LogP contribution in [0.25, 0.3) is 32.9 Å². The molecule has 5 heterocycles. The lowest BCUT2D eigenvalue weighted by atomic mass is 9.72. The van der Waals surface area contributed by atoms with Crippen LogP contribution in [0.15, 0.2) is 37.1 Å². The van der Waals surface area contributed by atoms with Crippen LogP contribution in [0.1, 0.15) is 5.56 Å². The first-order valence-electron chi connectivity index (χ1n) is 13.8. The molecule has 0 atom stereocenters. The number of hydrogen-bond donors (Lipinski definition) is 0. The first kappa shape index (κ1) is 26.2. The largest absolute Gasteiger partial charge is 0.354 e. The molecule has 2 aromatic carbocycles. The lowest BCUT2D eigenvalue weighted by molar-refractivity contribution is -0.139. The van der Waals surface area contributed by atoms with Gasteiger partial charge in [-0.2, -0.15) is 10.1 Å². The predicted molar refractivity (Wildman–Crippen MR) is 160 cm³/mol. The maximum atomic E-state index is 16.8.